The normalized spacial score (nSPS) is 10.7. The third-order valence-electron chi connectivity index (χ3n) is 2.49. The third kappa shape index (κ3) is 4.29. The number of carbonyl (C=O) groups excluding carboxylic acids is 1. The number of nitrogens with zero attached hydrogens (tertiary/aromatic N) is 2. The molecule has 1 aromatic carbocycles. The van der Waals surface area contributed by atoms with Crippen molar-refractivity contribution in [2.45, 2.75) is 6.61 Å². The molecule has 20 heavy (non-hydrogen) atoms. The van der Waals surface area contributed by atoms with Gasteiger partial charge < -0.3 is 10.1 Å². The first-order valence-electron chi connectivity index (χ1n) is 6.11. The summed E-state index contributed by atoms with van der Waals surface area (Å²) in [5.41, 5.74) is 2.37. The van der Waals surface area contributed by atoms with Gasteiger partial charge in [0, 0.05) is 31.3 Å². The van der Waals surface area contributed by atoms with Crippen LogP contribution in [0.5, 0.6) is 0 Å². The molecule has 0 fully saturated rings. The molecule has 0 radical (unpaired) electrons. The number of amides is 1. The van der Waals surface area contributed by atoms with Gasteiger partial charge in [-0.25, -0.2) is 0 Å². The maximum Gasteiger partial charge on any atom is 0.248 e. The molecule has 1 N–H and O–H groups in total. The van der Waals surface area contributed by atoms with Crippen LogP contribution in [0.4, 0.5) is 5.69 Å². The fourth-order valence-electron chi connectivity index (χ4n) is 1.65. The Morgan fingerprint density at radius 2 is 2.30 bits per heavy atom. The molecule has 0 atom stereocenters. The van der Waals surface area contributed by atoms with Gasteiger partial charge in [-0.3, -0.25) is 14.8 Å². The summed E-state index contributed by atoms with van der Waals surface area (Å²) in [5.74, 6) is -0.217. The zero-order valence-corrected chi connectivity index (χ0v) is 11.1. The van der Waals surface area contributed by atoms with E-state index in [1.165, 1.54) is 6.08 Å². The van der Waals surface area contributed by atoms with Crippen LogP contribution in [0.3, 0.4) is 0 Å². The van der Waals surface area contributed by atoms with Crippen molar-refractivity contribution in [3.63, 3.8) is 0 Å². The average molecular weight is 269 g/mol. The average Bonchev–Trinajstić information content (AvgIpc) is 2.47. The number of hydrogen-bond acceptors (Lipinski definition) is 4. The van der Waals surface area contributed by atoms with Crippen LogP contribution in [0.15, 0.2) is 48.9 Å². The van der Waals surface area contributed by atoms with Crippen molar-refractivity contribution in [1.82, 2.24) is 9.97 Å². The Balaban J connectivity index is 1.97. The molecule has 2 rings (SSSR count). The number of hydrogen-bond donors (Lipinski definition) is 1. The van der Waals surface area contributed by atoms with Crippen molar-refractivity contribution in [2.24, 2.45) is 0 Å². The Kier molecular flexibility index (Phi) is 4.97. The van der Waals surface area contributed by atoms with Gasteiger partial charge in [-0.2, -0.15) is 0 Å². The second kappa shape index (κ2) is 7.16. The molecule has 0 spiro atoms. The molecule has 0 saturated heterocycles. The summed E-state index contributed by atoms with van der Waals surface area (Å²) in [6.07, 6.45) is 7.78. The minimum absolute atomic E-state index is 0.217. The molecule has 0 aliphatic rings. The lowest BCUT2D eigenvalue weighted by molar-refractivity contribution is -0.111. The molecule has 0 unspecified atom stereocenters. The van der Waals surface area contributed by atoms with Crippen molar-refractivity contribution in [3.05, 3.63) is 60.2 Å². The highest BCUT2D eigenvalue weighted by Crippen LogP contribution is 2.11. The van der Waals surface area contributed by atoms with E-state index < -0.39 is 0 Å². The van der Waals surface area contributed by atoms with Gasteiger partial charge in [0.05, 0.1) is 18.5 Å². The summed E-state index contributed by atoms with van der Waals surface area (Å²) in [6.45, 7) is 0.513. The smallest absolute Gasteiger partial charge is 0.248 e. The van der Waals surface area contributed by atoms with Crippen LogP contribution in [-0.4, -0.2) is 23.0 Å². The summed E-state index contributed by atoms with van der Waals surface area (Å²) in [7, 11) is 1.63. The van der Waals surface area contributed by atoms with Crippen molar-refractivity contribution < 1.29 is 9.53 Å². The molecule has 5 nitrogen and oxygen atoms in total. The van der Waals surface area contributed by atoms with Crippen LogP contribution in [0, 0.1) is 0 Å². The first kappa shape index (κ1) is 13.9. The molecule has 1 heterocycles. The van der Waals surface area contributed by atoms with Gasteiger partial charge >= 0.3 is 0 Å². The van der Waals surface area contributed by atoms with Crippen molar-refractivity contribution in [3.8, 4) is 0 Å². The number of rotatable bonds is 5. The molecule has 1 amide bonds. The first-order valence-corrected chi connectivity index (χ1v) is 6.11. The van der Waals surface area contributed by atoms with Gasteiger partial charge in [-0.05, 0) is 23.8 Å². The quantitative estimate of drug-likeness (QED) is 0.846. The number of aromatic nitrogens is 2. The minimum atomic E-state index is -0.217. The van der Waals surface area contributed by atoms with E-state index in [-0.39, 0.29) is 5.91 Å². The molecule has 2 aromatic rings. The lowest BCUT2D eigenvalue weighted by Crippen LogP contribution is -2.08. The Morgan fingerprint density at radius 1 is 1.40 bits per heavy atom. The zero-order chi connectivity index (χ0) is 14.2. The van der Waals surface area contributed by atoms with E-state index in [0.717, 1.165) is 11.3 Å². The number of carbonyl (C=O) groups is 1. The molecule has 0 saturated carbocycles. The monoisotopic (exact) mass is 269 g/mol. The first-order chi connectivity index (χ1) is 9.78. The highest BCUT2D eigenvalue weighted by atomic mass is 16.5. The van der Waals surface area contributed by atoms with Crippen molar-refractivity contribution >= 4 is 17.7 Å². The molecule has 102 valence electrons. The van der Waals surface area contributed by atoms with E-state index in [1.807, 2.05) is 24.3 Å². The minimum Gasteiger partial charge on any atom is -0.380 e. The summed E-state index contributed by atoms with van der Waals surface area (Å²) in [4.78, 5) is 19.7. The van der Waals surface area contributed by atoms with Gasteiger partial charge in [0.2, 0.25) is 5.91 Å². The van der Waals surface area contributed by atoms with Crippen LogP contribution in [-0.2, 0) is 16.1 Å². The highest BCUT2D eigenvalue weighted by Gasteiger charge is 1.99. The predicted octanol–water partition coefficient (Wildman–Crippen LogP) is 2.27. The molecular formula is C15H15N3O2. The van der Waals surface area contributed by atoms with Gasteiger partial charge in [-0.1, -0.05) is 12.1 Å². The van der Waals surface area contributed by atoms with Crippen LogP contribution in [0.2, 0.25) is 0 Å². The van der Waals surface area contributed by atoms with Crippen LogP contribution >= 0.6 is 0 Å². The van der Waals surface area contributed by atoms with Crippen LogP contribution in [0.1, 0.15) is 11.3 Å². The summed E-state index contributed by atoms with van der Waals surface area (Å²) in [6, 6.07) is 7.51. The summed E-state index contributed by atoms with van der Waals surface area (Å²) in [5, 5.41) is 2.78. The Labute approximate surface area is 117 Å². The van der Waals surface area contributed by atoms with Gasteiger partial charge in [0.25, 0.3) is 0 Å². The maximum atomic E-state index is 11.8. The molecule has 0 aliphatic carbocycles. The maximum absolute atomic E-state index is 11.8. The highest BCUT2D eigenvalue weighted by molar-refractivity contribution is 6.01. The molecule has 1 aromatic heterocycles. The van der Waals surface area contributed by atoms with E-state index in [1.54, 1.807) is 31.8 Å². The van der Waals surface area contributed by atoms with Crippen molar-refractivity contribution in [2.75, 3.05) is 12.4 Å². The number of ether oxygens (including phenoxy) is 1. The molecule has 5 heteroatoms. The largest absolute Gasteiger partial charge is 0.380 e. The number of methoxy groups -OCH3 is 1. The molecule has 0 aliphatic heterocycles. The van der Waals surface area contributed by atoms with Crippen LogP contribution in [0.25, 0.3) is 6.08 Å². The van der Waals surface area contributed by atoms with E-state index in [0.29, 0.717) is 12.3 Å². The summed E-state index contributed by atoms with van der Waals surface area (Å²) < 4.78 is 5.05. The van der Waals surface area contributed by atoms with E-state index in [2.05, 4.69) is 15.3 Å². The Bertz CT molecular complexity index is 597. The number of nitrogens with one attached hydrogen (secondary N) is 1. The van der Waals surface area contributed by atoms with Gasteiger partial charge in [0.15, 0.2) is 0 Å². The SMILES string of the molecule is COCc1cccc(NC(=O)/C=C/c2cnccn2)c1. The zero-order valence-electron chi connectivity index (χ0n) is 11.1. The fraction of sp³-hybridized carbons (Fsp3) is 0.133. The topological polar surface area (TPSA) is 64.1 Å². The molecular weight excluding hydrogens is 254 g/mol. The summed E-state index contributed by atoms with van der Waals surface area (Å²) >= 11 is 0. The van der Waals surface area contributed by atoms with Gasteiger partial charge in [-0.15, -0.1) is 0 Å². The number of benzene rings is 1. The standard InChI is InChI=1S/C15H15N3O2/c1-20-11-12-3-2-4-13(9-12)18-15(19)6-5-14-10-16-7-8-17-14/h2-10H,11H2,1H3,(H,18,19)/b6-5+. The lowest BCUT2D eigenvalue weighted by atomic mass is 10.2. The second-order valence-electron chi connectivity index (χ2n) is 4.09. The third-order valence-corrected chi connectivity index (χ3v) is 2.49. The predicted molar refractivity (Wildman–Crippen MR) is 76.9 cm³/mol. The van der Waals surface area contributed by atoms with Crippen LogP contribution < -0.4 is 5.32 Å². The Morgan fingerprint density at radius 3 is 3.05 bits per heavy atom. The van der Waals surface area contributed by atoms with Gasteiger partial charge in [0.1, 0.15) is 0 Å². The fourth-order valence-corrected chi connectivity index (χ4v) is 1.65. The number of anilines is 1. The lowest BCUT2D eigenvalue weighted by Gasteiger charge is -2.05. The van der Waals surface area contributed by atoms with Crippen molar-refractivity contribution in [1.29, 1.82) is 0 Å². The molecule has 0 bridgehead atoms. The second-order valence-corrected chi connectivity index (χ2v) is 4.09. The van der Waals surface area contributed by atoms with E-state index >= 15 is 0 Å². The van der Waals surface area contributed by atoms with E-state index in [9.17, 15) is 4.79 Å². The van der Waals surface area contributed by atoms with E-state index in [4.69, 9.17) is 4.74 Å². The Hall–Kier alpha value is -2.53.